The molecule has 62 valence electrons. The van der Waals surface area contributed by atoms with Gasteiger partial charge < -0.3 is 0 Å². The molecular weight excluding hydrogens is 150 g/mol. The highest BCUT2D eigenvalue weighted by atomic mass is 15.3. The quantitative estimate of drug-likeness (QED) is 0.639. The second kappa shape index (κ2) is 2.59. The number of pyridine rings is 1. The van der Waals surface area contributed by atoms with Crippen LogP contribution in [0.2, 0.25) is 0 Å². The Morgan fingerprint density at radius 2 is 2.25 bits per heavy atom. The first-order valence-electron chi connectivity index (χ1n) is 4.07. The maximum Gasteiger partial charge on any atom is 0.158 e. The van der Waals surface area contributed by atoms with Gasteiger partial charge in [0.15, 0.2) is 5.65 Å². The van der Waals surface area contributed by atoms with Gasteiger partial charge in [-0.05, 0) is 17.5 Å². The van der Waals surface area contributed by atoms with Crippen LogP contribution in [-0.2, 0) is 0 Å². The molecule has 3 heteroatoms. The van der Waals surface area contributed by atoms with Gasteiger partial charge in [0.1, 0.15) is 6.33 Å². The number of nitrogens with zero attached hydrogens (tertiary/aromatic N) is 3. The van der Waals surface area contributed by atoms with Crippen LogP contribution in [0, 0.1) is 0 Å². The van der Waals surface area contributed by atoms with Crippen LogP contribution in [0.15, 0.2) is 24.7 Å². The second-order valence-corrected chi connectivity index (χ2v) is 3.15. The van der Waals surface area contributed by atoms with Gasteiger partial charge in [0.05, 0.1) is 0 Å². The molecule has 0 spiro atoms. The number of fused-ring (bicyclic) bond motifs is 1. The molecule has 0 unspecified atom stereocenters. The van der Waals surface area contributed by atoms with Crippen molar-refractivity contribution in [2.75, 3.05) is 0 Å². The maximum atomic E-state index is 4.19. The van der Waals surface area contributed by atoms with E-state index in [0.29, 0.717) is 5.92 Å². The van der Waals surface area contributed by atoms with E-state index in [9.17, 15) is 0 Å². The van der Waals surface area contributed by atoms with E-state index in [4.69, 9.17) is 0 Å². The highest BCUT2D eigenvalue weighted by Gasteiger charge is 2.05. The van der Waals surface area contributed by atoms with Crippen molar-refractivity contribution in [2.45, 2.75) is 19.8 Å². The average molecular weight is 161 g/mol. The highest BCUT2D eigenvalue weighted by Crippen LogP contribution is 2.17. The summed E-state index contributed by atoms with van der Waals surface area (Å²) in [4.78, 5) is 4.19. The van der Waals surface area contributed by atoms with E-state index in [1.54, 1.807) is 10.8 Å². The van der Waals surface area contributed by atoms with E-state index in [-0.39, 0.29) is 0 Å². The summed E-state index contributed by atoms with van der Waals surface area (Å²) in [7, 11) is 0. The van der Waals surface area contributed by atoms with Gasteiger partial charge in [-0.25, -0.2) is 9.50 Å². The van der Waals surface area contributed by atoms with Crippen molar-refractivity contribution in [1.29, 1.82) is 0 Å². The van der Waals surface area contributed by atoms with Crippen molar-refractivity contribution in [3.63, 3.8) is 0 Å². The standard InChI is InChI=1S/C9H11N3/c1-7(2)8-4-3-5-12-9(8)10-6-11-12/h3-7H,1-2H3. The Kier molecular flexibility index (Phi) is 1.57. The van der Waals surface area contributed by atoms with Crippen molar-refractivity contribution in [1.82, 2.24) is 14.6 Å². The molecule has 0 saturated carbocycles. The largest absolute Gasteiger partial charge is 0.221 e. The number of hydrogen-bond acceptors (Lipinski definition) is 2. The molecule has 2 aromatic rings. The molecule has 3 nitrogen and oxygen atoms in total. The predicted octanol–water partition coefficient (Wildman–Crippen LogP) is 1.85. The lowest BCUT2D eigenvalue weighted by Crippen LogP contribution is -1.94. The number of hydrogen-bond donors (Lipinski definition) is 0. The topological polar surface area (TPSA) is 30.2 Å². The van der Waals surface area contributed by atoms with Crippen molar-refractivity contribution >= 4 is 5.65 Å². The summed E-state index contributed by atoms with van der Waals surface area (Å²) in [6.07, 6.45) is 3.50. The first-order chi connectivity index (χ1) is 5.79. The van der Waals surface area contributed by atoms with Crippen LogP contribution in [0.1, 0.15) is 25.3 Å². The molecule has 0 atom stereocenters. The molecule has 0 amide bonds. The maximum absolute atomic E-state index is 4.19. The summed E-state index contributed by atoms with van der Waals surface area (Å²) in [5, 5.41) is 4.07. The van der Waals surface area contributed by atoms with Crippen LogP contribution >= 0.6 is 0 Å². The van der Waals surface area contributed by atoms with E-state index in [0.717, 1.165) is 5.65 Å². The molecule has 12 heavy (non-hydrogen) atoms. The number of aromatic nitrogens is 3. The predicted molar refractivity (Wildman–Crippen MR) is 47.1 cm³/mol. The van der Waals surface area contributed by atoms with Gasteiger partial charge in [0.2, 0.25) is 0 Å². The molecule has 0 aliphatic rings. The van der Waals surface area contributed by atoms with E-state index in [1.165, 1.54) is 5.56 Å². The molecular formula is C9H11N3. The fraction of sp³-hybridized carbons (Fsp3) is 0.333. The number of rotatable bonds is 1. The lowest BCUT2D eigenvalue weighted by atomic mass is 10.1. The Labute approximate surface area is 71.1 Å². The normalized spacial score (nSPS) is 11.2. The first kappa shape index (κ1) is 7.28. The smallest absolute Gasteiger partial charge is 0.158 e. The Hall–Kier alpha value is -1.38. The minimum Gasteiger partial charge on any atom is -0.221 e. The Morgan fingerprint density at radius 3 is 3.00 bits per heavy atom. The van der Waals surface area contributed by atoms with Gasteiger partial charge in [-0.1, -0.05) is 19.9 Å². The van der Waals surface area contributed by atoms with Crippen LogP contribution < -0.4 is 0 Å². The first-order valence-corrected chi connectivity index (χ1v) is 4.07. The van der Waals surface area contributed by atoms with Crippen LogP contribution in [-0.4, -0.2) is 14.6 Å². The van der Waals surface area contributed by atoms with Gasteiger partial charge >= 0.3 is 0 Å². The summed E-state index contributed by atoms with van der Waals surface area (Å²) < 4.78 is 1.80. The lowest BCUT2D eigenvalue weighted by molar-refractivity contribution is 0.851. The lowest BCUT2D eigenvalue weighted by Gasteiger charge is -2.04. The summed E-state index contributed by atoms with van der Waals surface area (Å²) in [5.74, 6) is 0.498. The fourth-order valence-electron chi connectivity index (χ4n) is 1.32. The van der Waals surface area contributed by atoms with Crippen molar-refractivity contribution < 1.29 is 0 Å². The van der Waals surface area contributed by atoms with Crippen molar-refractivity contribution in [3.8, 4) is 0 Å². The third kappa shape index (κ3) is 0.978. The van der Waals surface area contributed by atoms with Crippen LogP contribution in [0.3, 0.4) is 0 Å². The molecule has 2 rings (SSSR count). The van der Waals surface area contributed by atoms with E-state index < -0.39 is 0 Å². The summed E-state index contributed by atoms with van der Waals surface area (Å²) in [6, 6.07) is 4.09. The Morgan fingerprint density at radius 1 is 1.42 bits per heavy atom. The van der Waals surface area contributed by atoms with Crippen molar-refractivity contribution in [2.24, 2.45) is 0 Å². The van der Waals surface area contributed by atoms with E-state index >= 15 is 0 Å². The third-order valence-electron chi connectivity index (χ3n) is 1.96. The van der Waals surface area contributed by atoms with Gasteiger partial charge in [-0.15, -0.1) is 0 Å². The van der Waals surface area contributed by atoms with Gasteiger partial charge in [-0.3, -0.25) is 0 Å². The Bertz CT molecular complexity index is 389. The minimum absolute atomic E-state index is 0.498. The summed E-state index contributed by atoms with van der Waals surface area (Å²) in [6.45, 7) is 4.31. The summed E-state index contributed by atoms with van der Waals surface area (Å²) >= 11 is 0. The van der Waals surface area contributed by atoms with Gasteiger partial charge in [0, 0.05) is 6.20 Å². The average Bonchev–Trinajstić information content (AvgIpc) is 2.49. The highest BCUT2D eigenvalue weighted by molar-refractivity contribution is 5.47. The van der Waals surface area contributed by atoms with Gasteiger partial charge in [0.25, 0.3) is 0 Å². The molecule has 2 heterocycles. The second-order valence-electron chi connectivity index (χ2n) is 3.15. The molecule has 0 saturated heterocycles. The monoisotopic (exact) mass is 161 g/mol. The molecule has 0 aliphatic carbocycles. The molecule has 0 fully saturated rings. The van der Waals surface area contributed by atoms with Gasteiger partial charge in [-0.2, -0.15) is 5.10 Å². The Balaban J connectivity index is 2.73. The van der Waals surface area contributed by atoms with Crippen LogP contribution in [0.4, 0.5) is 0 Å². The zero-order chi connectivity index (χ0) is 8.55. The minimum atomic E-state index is 0.498. The van der Waals surface area contributed by atoms with Crippen LogP contribution in [0.25, 0.3) is 5.65 Å². The molecule has 0 radical (unpaired) electrons. The zero-order valence-electron chi connectivity index (χ0n) is 7.23. The van der Waals surface area contributed by atoms with Crippen molar-refractivity contribution in [3.05, 3.63) is 30.2 Å². The molecule has 0 bridgehead atoms. The van der Waals surface area contributed by atoms with E-state index in [2.05, 4.69) is 30.0 Å². The molecule has 0 aromatic carbocycles. The van der Waals surface area contributed by atoms with Crippen LogP contribution in [0.5, 0.6) is 0 Å². The molecule has 0 N–H and O–H groups in total. The summed E-state index contributed by atoms with van der Waals surface area (Å²) in [5.41, 5.74) is 2.21. The van der Waals surface area contributed by atoms with E-state index in [1.807, 2.05) is 12.3 Å². The zero-order valence-corrected chi connectivity index (χ0v) is 7.23. The third-order valence-corrected chi connectivity index (χ3v) is 1.96. The molecule has 2 aromatic heterocycles. The fourth-order valence-corrected chi connectivity index (χ4v) is 1.32. The molecule has 0 aliphatic heterocycles. The SMILES string of the molecule is CC(C)c1cccn2ncnc12.